The van der Waals surface area contributed by atoms with Gasteiger partial charge in [-0.25, -0.2) is 9.59 Å². The van der Waals surface area contributed by atoms with E-state index in [0.29, 0.717) is 23.4 Å². The van der Waals surface area contributed by atoms with Crippen LogP contribution in [0.25, 0.3) is 0 Å². The highest BCUT2D eigenvalue weighted by Gasteiger charge is 2.20. The number of hydrogen-bond donors (Lipinski definition) is 4. The Hall–Kier alpha value is -1.60. The summed E-state index contributed by atoms with van der Waals surface area (Å²) in [6.07, 6.45) is 1.28. The van der Waals surface area contributed by atoms with Crippen LogP contribution in [0.4, 0.5) is 9.80 Å². The minimum absolute atomic E-state index is 0.0834. The summed E-state index contributed by atoms with van der Waals surface area (Å²) in [4.78, 5) is 23.9. The molecule has 1 rings (SSSR count). The van der Waals surface area contributed by atoms with Crippen molar-refractivity contribution in [2.45, 2.75) is 39.7 Å². The standard InChI is InChI=1S/C13H20N2O4S/c1-7(5-4-6-16)14-13(19)15-11-10(12(17)18)8(2)9(3)20-11/h7,16H,4-6H2,1-3H3,(H,17,18)(H2,14,15,19). The third-order valence-corrected chi connectivity index (χ3v) is 4.12. The molecule has 0 aliphatic heterocycles. The van der Waals surface area contributed by atoms with Crippen LogP contribution < -0.4 is 10.6 Å². The van der Waals surface area contributed by atoms with Crippen molar-refractivity contribution in [2.75, 3.05) is 11.9 Å². The van der Waals surface area contributed by atoms with Crippen LogP contribution in [0.2, 0.25) is 0 Å². The van der Waals surface area contributed by atoms with E-state index in [4.69, 9.17) is 5.11 Å². The van der Waals surface area contributed by atoms with Gasteiger partial charge in [-0.05, 0) is 39.2 Å². The molecule has 0 spiro atoms. The number of amides is 2. The molecule has 20 heavy (non-hydrogen) atoms. The van der Waals surface area contributed by atoms with E-state index in [1.54, 1.807) is 6.92 Å². The fourth-order valence-electron chi connectivity index (χ4n) is 1.81. The number of carboxylic acids is 1. The van der Waals surface area contributed by atoms with Crippen LogP contribution in [-0.4, -0.2) is 34.9 Å². The summed E-state index contributed by atoms with van der Waals surface area (Å²) in [7, 11) is 0. The number of aryl methyl sites for hydroxylation is 1. The molecule has 1 aromatic rings. The second-order valence-electron chi connectivity index (χ2n) is 4.66. The molecule has 0 saturated heterocycles. The van der Waals surface area contributed by atoms with Crippen molar-refractivity contribution in [3.8, 4) is 0 Å². The number of aromatic carboxylic acids is 1. The first kappa shape index (κ1) is 16.5. The van der Waals surface area contributed by atoms with E-state index in [0.717, 1.165) is 4.88 Å². The summed E-state index contributed by atoms with van der Waals surface area (Å²) in [5.41, 5.74) is 0.816. The Labute approximate surface area is 121 Å². The number of nitrogens with one attached hydrogen (secondary N) is 2. The van der Waals surface area contributed by atoms with Gasteiger partial charge < -0.3 is 15.5 Å². The third kappa shape index (κ3) is 4.21. The van der Waals surface area contributed by atoms with E-state index in [1.165, 1.54) is 11.3 Å². The lowest BCUT2D eigenvalue weighted by molar-refractivity contribution is 0.0697. The number of anilines is 1. The minimum atomic E-state index is -1.05. The second kappa shape index (κ2) is 7.25. The zero-order valence-electron chi connectivity index (χ0n) is 11.8. The molecular weight excluding hydrogens is 280 g/mol. The van der Waals surface area contributed by atoms with Crippen LogP contribution in [0.5, 0.6) is 0 Å². The third-order valence-electron chi connectivity index (χ3n) is 3.00. The van der Waals surface area contributed by atoms with Crippen molar-refractivity contribution < 1.29 is 19.8 Å². The van der Waals surface area contributed by atoms with Crippen molar-refractivity contribution in [2.24, 2.45) is 0 Å². The quantitative estimate of drug-likeness (QED) is 0.648. The first-order chi connectivity index (χ1) is 9.36. The molecule has 0 radical (unpaired) electrons. The number of carboxylic acid groups (broad SMARTS) is 1. The molecular formula is C13H20N2O4S. The molecule has 1 atom stereocenters. The number of urea groups is 1. The van der Waals surface area contributed by atoms with Gasteiger partial charge in [0.2, 0.25) is 0 Å². The van der Waals surface area contributed by atoms with Gasteiger partial charge in [0.1, 0.15) is 5.00 Å². The maximum atomic E-state index is 11.8. The number of aliphatic hydroxyl groups is 1. The fraction of sp³-hybridized carbons (Fsp3) is 0.538. The number of hydrogen-bond acceptors (Lipinski definition) is 4. The van der Waals surface area contributed by atoms with Gasteiger partial charge in [-0.15, -0.1) is 11.3 Å². The molecule has 7 heteroatoms. The highest BCUT2D eigenvalue weighted by molar-refractivity contribution is 7.16. The second-order valence-corrected chi connectivity index (χ2v) is 5.88. The van der Waals surface area contributed by atoms with E-state index < -0.39 is 12.0 Å². The highest BCUT2D eigenvalue weighted by Crippen LogP contribution is 2.32. The van der Waals surface area contributed by atoms with E-state index in [-0.39, 0.29) is 18.2 Å². The normalized spacial score (nSPS) is 12.0. The lowest BCUT2D eigenvalue weighted by Crippen LogP contribution is -2.36. The molecule has 0 aromatic carbocycles. The predicted octanol–water partition coefficient (Wildman–Crippen LogP) is 2.35. The molecule has 1 aromatic heterocycles. The molecule has 0 saturated carbocycles. The Morgan fingerprint density at radius 1 is 1.35 bits per heavy atom. The number of rotatable bonds is 6. The zero-order chi connectivity index (χ0) is 15.3. The maximum absolute atomic E-state index is 11.8. The average molecular weight is 300 g/mol. The van der Waals surface area contributed by atoms with Gasteiger partial charge >= 0.3 is 12.0 Å². The van der Waals surface area contributed by atoms with Gasteiger partial charge in [0, 0.05) is 17.5 Å². The molecule has 4 N–H and O–H groups in total. The first-order valence-corrected chi connectivity index (χ1v) is 7.20. The molecule has 0 aliphatic carbocycles. The van der Waals surface area contributed by atoms with Crippen LogP contribution in [0.15, 0.2) is 0 Å². The smallest absolute Gasteiger partial charge is 0.338 e. The topological polar surface area (TPSA) is 98.7 Å². The Balaban J connectivity index is 2.71. The van der Waals surface area contributed by atoms with Gasteiger partial charge in [-0.2, -0.15) is 0 Å². The van der Waals surface area contributed by atoms with Crippen molar-refractivity contribution in [1.82, 2.24) is 5.32 Å². The summed E-state index contributed by atoms with van der Waals surface area (Å²) in [6, 6.07) is -0.517. The molecule has 0 fully saturated rings. The number of carbonyl (C=O) groups is 2. The largest absolute Gasteiger partial charge is 0.478 e. The fourth-order valence-corrected chi connectivity index (χ4v) is 2.85. The lowest BCUT2D eigenvalue weighted by atomic mass is 10.1. The first-order valence-electron chi connectivity index (χ1n) is 6.38. The molecule has 0 bridgehead atoms. The molecule has 1 unspecified atom stereocenters. The van der Waals surface area contributed by atoms with Crippen LogP contribution in [0.3, 0.4) is 0 Å². The highest BCUT2D eigenvalue weighted by atomic mass is 32.1. The molecule has 2 amide bonds. The van der Waals surface area contributed by atoms with E-state index in [2.05, 4.69) is 10.6 Å². The van der Waals surface area contributed by atoms with Crippen LogP contribution in [0.1, 0.15) is 40.6 Å². The van der Waals surface area contributed by atoms with Gasteiger partial charge in [0.25, 0.3) is 0 Å². The Morgan fingerprint density at radius 3 is 2.55 bits per heavy atom. The zero-order valence-corrected chi connectivity index (χ0v) is 12.6. The van der Waals surface area contributed by atoms with Crippen molar-refractivity contribution >= 4 is 28.3 Å². The van der Waals surface area contributed by atoms with Crippen LogP contribution >= 0.6 is 11.3 Å². The maximum Gasteiger partial charge on any atom is 0.338 e. The van der Waals surface area contributed by atoms with Gasteiger partial charge in [0.05, 0.1) is 5.56 Å². The summed E-state index contributed by atoms with van der Waals surface area (Å²) in [5.74, 6) is -1.05. The molecule has 1 heterocycles. The average Bonchev–Trinajstić information content (AvgIpc) is 2.61. The monoisotopic (exact) mass is 300 g/mol. The van der Waals surface area contributed by atoms with Crippen LogP contribution in [0, 0.1) is 13.8 Å². The van der Waals surface area contributed by atoms with E-state index in [1.807, 2.05) is 13.8 Å². The van der Waals surface area contributed by atoms with E-state index in [9.17, 15) is 14.7 Å². The summed E-state index contributed by atoms with van der Waals surface area (Å²) >= 11 is 1.25. The summed E-state index contributed by atoms with van der Waals surface area (Å²) < 4.78 is 0. The number of carbonyl (C=O) groups excluding carboxylic acids is 1. The summed E-state index contributed by atoms with van der Waals surface area (Å²) in [5, 5.41) is 23.5. The number of aliphatic hydroxyl groups excluding tert-OH is 1. The van der Waals surface area contributed by atoms with Gasteiger partial charge in [0.15, 0.2) is 0 Å². The van der Waals surface area contributed by atoms with Crippen LogP contribution in [-0.2, 0) is 0 Å². The summed E-state index contributed by atoms with van der Waals surface area (Å²) in [6.45, 7) is 5.46. The van der Waals surface area contributed by atoms with Gasteiger partial charge in [-0.1, -0.05) is 0 Å². The minimum Gasteiger partial charge on any atom is -0.478 e. The van der Waals surface area contributed by atoms with Gasteiger partial charge in [-0.3, -0.25) is 5.32 Å². The molecule has 6 nitrogen and oxygen atoms in total. The van der Waals surface area contributed by atoms with E-state index >= 15 is 0 Å². The van der Waals surface area contributed by atoms with Crippen molar-refractivity contribution in [3.05, 3.63) is 16.0 Å². The predicted molar refractivity (Wildman–Crippen MR) is 78.7 cm³/mol. The Bertz CT molecular complexity index is 499. The molecule has 112 valence electrons. The SMILES string of the molecule is Cc1sc(NC(=O)NC(C)CCCO)c(C(=O)O)c1C. The lowest BCUT2D eigenvalue weighted by Gasteiger charge is -2.13. The molecule has 0 aliphatic rings. The van der Waals surface area contributed by atoms with Crippen molar-refractivity contribution in [1.29, 1.82) is 0 Å². The van der Waals surface area contributed by atoms with Crippen molar-refractivity contribution in [3.63, 3.8) is 0 Å². The number of thiophene rings is 1. The Morgan fingerprint density at radius 2 is 2.00 bits per heavy atom. The Kier molecular flexibility index (Phi) is 5.97.